The normalized spacial score (nSPS) is 14.8. The van der Waals surface area contributed by atoms with Gasteiger partial charge in [-0.3, -0.25) is 0 Å². The third-order valence-electron chi connectivity index (χ3n) is 2.10. The fourth-order valence-electron chi connectivity index (χ4n) is 0.781. The molecule has 2 heteroatoms. The van der Waals surface area contributed by atoms with E-state index >= 15 is 0 Å². The van der Waals surface area contributed by atoms with E-state index in [0.717, 1.165) is 19.1 Å². The van der Waals surface area contributed by atoms with E-state index in [0.29, 0.717) is 0 Å². The summed E-state index contributed by atoms with van der Waals surface area (Å²) in [6.45, 7) is 13.5. The predicted octanol–water partition coefficient (Wildman–Crippen LogP) is 3.39. The maximum atomic E-state index is 5.60. The van der Waals surface area contributed by atoms with E-state index in [9.17, 15) is 0 Å². The summed E-state index contributed by atoms with van der Waals surface area (Å²) in [6, 6.07) is 1.30. The van der Waals surface area contributed by atoms with Crippen molar-refractivity contribution in [2.45, 2.75) is 46.0 Å². The zero-order valence-corrected chi connectivity index (χ0v) is 10.3. The predicted molar refractivity (Wildman–Crippen MR) is 58.4 cm³/mol. The van der Waals surface area contributed by atoms with E-state index in [1.54, 1.807) is 0 Å². The first-order valence-corrected chi connectivity index (χ1v) is 8.74. The van der Waals surface area contributed by atoms with Gasteiger partial charge in [0.15, 0.2) is 0 Å². The second kappa shape index (κ2) is 5.76. The first kappa shape index (κ1) is 12.2. The van der Waals surface area contributed by atoms with Gasteiger partial charge in [0, 0.05) is 21.3 Å². The summed E-state index contributed by atoms with van der Waals surface area (Å²) in [5.74, 6) is 0.728. The molecule has 0 aromatic rings. The molecule has 0 amide bonds. The minimum absolute atomic E-state index is 0.728. The zero-order chi connectivity index (χ0) is 9.61. The van der Waals surface area contributed by atoms with Gasteiger partial charge in [-0.15, -0.1) is 0 Å². The Morgan fingerprint density at radius 3 is 2.25 bits per heavy atom. The fraction of sp³-hybridized carbons (Fsp3) is 1.00. The highest BCUT2D eigenvalue weighted by Gasteiger charge is 2.12. The summed E-state index contributed by atoms with van der Waals surface area (Å²) in [5, 5.41) is 0. The summed E-state index contributed by atoms with van der Waals surface area (Å²) in [4.78, 5) is 0. The third-order valence-corrected chi connectivity index (χ3v) is 3.80. The molecule has 0 spiro atoms. The molecule has 1 nitrogen and oxygen atoms in total. The highest BCUT2D eigenvalue weighted by molar-refractivity contribution is 6.76. The monoisotopic (exact) mass is 188 g/mol. The Morgan fingerprint density at radius 2 is 1.83 bits per heavy atom. The molecule has 0 aliphatic carbocycles. The third kappa shape index (κ3) is 8.28. The van der Waals surface area contributed by atoms with Crippen LogP contribution in [0.2, 0.25) is 25.7 Å². The summed E-state index contributed by atoms with van der Waals surface area (Å²) in [5.41, 5.74) is 0. The Labute approximate surface area is 78.5 Å². The number of ether oxygens (including phenoxy) is 1. The van der Waals surface area contributed by atoms with Crippen molar-refractivity contribution >= 4 is 8.07 Å². The molecule has 1 unspecified atom stereocenters. The molecule has 0 N–H and O–H groups in total. The Kier molecular flexibility index (Phi) is 5.84. The van der Waals surface area contributed by atoms with Crippen LogP contribution in [0.4, 0.5) is 0 Å². The van der Waals surface area contributed by atoms with Gasteiger partial charge in [-0.2, -0.15) is 0 Å². The van der Waals surface area contributed by atoms with E-state index in [1.165, 1.54) is 12.5 Å². The molecule has 0 aromatic carbocycles. The average Bonchev–Trinajstić information content (AvgIpc) is 1.96. The fourth-order valence-corrected chi connectivity index (χ4v) is 1.54. The molecule has 1 atom stereocenters. The number of rotatable bonds is 6. The highest BCUT2D eigenvalue weighted by atomic mass is 28.3. The molecule has 0 aliphatic heterocycles. The van der Waals surface area contributed by atoms with Crippen LogP contribution >= 0.6 is 0 Å². The average molecular weight is 188 g/mol. The molecule has 0 radical (unpaired) electrons. The van der Waals surface area contributed by atoms with Crippen molar-refractivity contribution in [2.24, 2.45) is 5.92 Å². The van der Waals surface area contributed by atoms with Crippen LogP contribution in [0.15, 0.2) is 0 Å². The maximum Gasteiger partial charge on any atom is 0.0491 e. The summed E-state index contributed by atoms with van der Waals surface area (Å²) >= 11 is 0. The van der Waals surface area contributed by atoms with E-state index in [2.05, 4.69) is 33.5 Å². The van der Waals surface area contributed by atoms with Crippen LogP contribution < -0.4 is 0 Å². The standard InChI is InChI=1S/C10H24OSi/c1-6-10(2)9-11-7-8-12(3,4)5/h10H,6-9H2,1-5H3. The smallest absolute Gasteiger partial charge is 0.0491 e. The van der Waals surface area contributed by atoms with Crippen molar-refractivity contribution in [3.63, 3.8) is 0 Å². The highest BCUT2D eigenvalue weighted by Crippen LogP contribution is 2.08. The van der Waals surface area contributed by atoms with Gasteiger partial charge < -0.3 is 4.74 Å². The van der Waals surface area contributed by atoms with E-state index in [4.69, 9.17) is 4.74 Å². The largest absolute Gasteiger partial charge is 0.381 e. The molecule has 0 saturated heterocycles. The first-order valence-electron chi connectivity index (χ1n) is 5.03. The molecule has 0 heterocycles. The first-order chi connectivity index (χ1) is 5.45. The second-order valence-corrected chi connectivity index (χ2v) is 10.5. The van der Waals surface area contributed by atoms with Gasteiger partial charge in [0.25, 0.3) is 0 Å². The van der Waals surface area contributed by atoms with Crippen molar-refractivity contribution in [2.75, 3.05) is 13.2 Å². The minimum atomic E-state index is -0.864. The van der Waals surface area contributed by atoms with Crippen molar-refractivity contribution in [3.8, 4) is 0 Å². The Morgan fingerprint density at radius 1 is 1.25 bits per heavy atom. The molecule has 74 valence electrons. The number of hydrogen-bond acceptors (Lipinski definition) is 1. The quantitative estimate of drug-likeness (QED) is 0.458. The van der Waals surface area contributed by atoms with Gasteiger partial charge >= 0.3 is 0 Å². The van der Waals surface area contributed by atoms with E-state index < -0.39 is 8.07 Å². The Bertz CT molecular complexity index is 107. The van der Waals surface area contributed by atoms with Crippen LogP contribution in [0.25, 0.3) is 0 Å². The molecule has 0 saturated carbocycles. The van der Waals surface area contributed by atoms with Crippen molar-refractivity contribution in [1.29, 1.82) is 0 Å². The van der Waals surface area contributed by atoms with Gasteiger partial charge in [-0.05, 0) is 12.0 Å². The zero-order valence-electron chi connectivity index (χ0n) is 9.31. The minimum Gasteiger partial charge on any atom is -0.381 e. The van der Waals surface area contributed by atoms with Crippen LogP contribution in [0, 0.1) is 5.92 Å². The van der Waals surface area contributed by atoms with E-state index in [-0.39, 0.29) is 0 Å². The van der Waals surface area contributed by atoms with E-state index in [1.807, 2.05) is 0 Å². The maximum absolute atomic E-state index is 5.60. The van der Waals surface area contributed by atoms with Gasteiger partial charge in [0.05, 0.1) is 0 Å². The van der Waals surface area contributed by atoms with Gasteiger partial charge in [0.1, 0.15) is 0 Å². The summed E-state index contributed by atoms with van der Waals surface area (Å²) < 4.78 is 5.60. The lowest BCUT2D eigenvalue weighted by atomic mass is 10.1. The lowest BCUT2D eigenvalue weighted by Crippen LogP contribution is -2.22. The van der Waals surface area contributed by atoms with Gasteiger partial charge in [-0.1, -0.05) is 39.9 Å². The molecule has 0 bridgehead atoms. The van der Waals surface area contributed by atoms with Crippen LogP contribution in [-0.4, -0.2) is 21.3 Å². The summed E-state index contributed by atoms with van der Waals surface area (Å²) in [6.07, 6.45) is 1.23. The molecule has 0 aromatic heterocycles. The Hall–Kier alpha value is 0.177. The molecule has 0 fully saturated rings. The molecular weight excluding hydrogens is 164 g/mol. The molecule has 0 aliphatic rings. The van der Waals surface area contributed by atoms with Gasteiger partial charge in [-0.25, -0.2) is 0 Å². The SMILES string of the molecule is CCC(C)COCC[Si](C)(C)C. The van der Waals surface area contributed by atoms with Crippen LogP contribution in [0.3, 0.4) is 0 Å². The van der Waals surface area contributed by atoms with Crippen LogP contribution in [0.1, 0.15) is 20.3 Å². The van der Waals surface area contributed by atoms with Crippen molar-refractivity contribution in [1.82, 2.24) is 0 Å². The number of hydrogen-bond donors (Lipinski definition) is 0. The second-order valence-electron chi connectivity index (χ2n) is 4.90. The topological polar surface area (TPSA) is 9.23 Å². The van der Waals surface area contributed by atoms with Crippen LogP contribution in [-0.2, 0) is 4.74 Å². The molecule has 12 heavy (non-hydrogen) atoms. The molecular formula is C10H24OSi. The van der Waals surface area contributed by atoms with Gasteiger partial charge in [0.2, 0.25) is 0 Å². The summed E-state index contributed by atoms with van der Waals surface area (Å²) in [7, 11) is -0.864. The molecule has 0 rings (SSSR count). The lowest BCUT2D eigenvalue weighted by molar-refractivity contribution is 0.114. The van der Waals surface area contributed by atoms with Crippen molar-refractivity contribution < 1.29 is 4.74 Å². The van der Waals surface area contributed by atoms with Crippen LogP contribution in [0.5, 0.6) is 0 Å². The van der Waals surface area contributed by atoms with Crippen molar-refractivity contribution in [3.05, 3.63) is 0 Å². The lowest BCUT2D eigenvalue weighted by Gasteiger charge is -2.16. The Balaban J connectivity index is 3.22.